The first-order chi connectivity index (χ1) is 12.6. The van der Waals surface area contributed by atoms with Crippen LogP contribution in [0.4, 0.5) is 0 Å². The van der Waals surface area contributed by atoms with Crippen molar-refractivity contribution < 1.29 is 9.59 Å². The van der Waals surface area contributed by atoms with E-state index < -0.39 is 0 Å². The molecular formula is C20H26N4O2. The number of carbonyl (C=O) groups excluding carboxylic acids is 2. The van der Waals surface area contributed by atoms with Crippen molar-refractivity contribution in [2.24, 2.45) is 0 Å². The highest BCUT2D eigenvalue weighted by atomic mass is 16.2. The minimum absolute atomic E-state index is 0.105. The Kier molecular flexibility index (Phi) is 5.89. The Hall–Kier alpha value is -2.39. The molecule has 1 N–H and O–H groups in total. The number of nitriles is 1. The highest BCUT2D eigenvalue weighted by Crippen LogP contribution is 2.19. The summed E-state index contributed by atoms with van der Waals surface area (Å²) in [5, 5.41) is 11.9. The zero-order valence-corrected chi connectivity index (χ0v) is 15.3. The molecule has 1 aliphatic carbocycles. The Morgan fingerprint density at radius 2 is 1.85 bits per heavy atom. The molecule has 1 unspecified atom stereocenters. The van der Waals surface area contributed by atoms with Crippen molar-refractivity contribution in [3.05, 3.63) is 35.4 Å². The Bertz CT molecular complexity index is 683. The number of piperazine rings is 1. The van der Waals surface area contributed by atoms with Gasteiger partial charge in [0.2, 0.25) is 11.8 Å². The van der Waals surface area contributed by atoms with E-state index in [0.29, 0.717) is 37.5 Å². The Morgan fingerprint density at radius 1 is 1.19 bits per heavy atom. The molecule has 1 aromatic rings. The molecule has 1 aromatic carbocycles. The van der Waals surface area contributed by atoms with Crippen LogP contribution in [0.1, 0.15) is 37.3 Å². The number of nitrogens with one attached hydrogen (secondary N) is 1. The van der Waals surface area contributed by atoms with E-state index in [9.17, 15) is 9.59 Å². The molecule has 1 saturated heterocycles. The fraction of sp³-hybridized carbons (Fsp3) is 0.550. The van der Waals surface area contributed by atoms with Crippen molar-refractivity contribution in [1.29, 1.82) is 5.26 Å². The molecule has 0 radical (unpaired) electrons. The van der Waals surface area contributed by atoms with E-state index in [4.69, 9.17) is 5.26 Å². The minimum atomic E-state index is -0.133. The predicted molar refractivity (Wildman–Crippen MR) is 98.3 cm³/mol. The summed E-state index contributed by atoms with van der Waals surface area (Å²) in [6.45, 7) is 4.77. The monoisotopic (exact) mass is 354 g/mol. The zero-order chi connectivity index (χ0) is 18.5. The number of carbonyl (C=O) groups is 2. The van der Waals surface area contributed by atoms with Crippen LogP contribution >= 0.6 is 0 Å². The maximum absolute atomic E-state index is 12.4. The molecule has 6 heteroatoms. The van der Waals surface area contributed by atoms with Crippen molar-refractivity contribution in [3.63, 3.8) is 0 Å². The van der Waals surface area contributed by atoms with Gasteiger partial charge in [0.1, 0.15) is 0 Å². The maximum atomic E-state index is 12.4. The van der Waals surface area contributed by atoms with Gasteiger partial charge >= 0.3 is 0 Å². The van der Waals surface area contributed by atoms with E-state index >= 15 is 0 Å². The van der Waals surface area contributed by atoms with Gasteiger partial charge in [0.05, 0.1) is 17.7 Å². The topological polar surface area (TPSA) is 76.4 Å². The van der Waals surface area contributed by atoms with Gasteiger partial charge in [-0.1, -0.05) is 12.1 Å². The molecule has 6 nitrogen and oxygen atoms in total. The molecule has 0 spiro atoms. The van der Waals surface area contributed by atoms with Crippen molar-refractivity contribution in [3.8, 4) is 6.07 Å². The lowest BCUT2D eigenvalue weighted by molar-refractivity contribution is -0.134. The summed E-state index contributed by atoms with van der Waals surface area (Å²) in [5.74, 6) is 0.261. The quantitative estimate of drug-likeness (QED) is 0.835. The summed E-state index contributed by atoms with van der Waals surface area (Å²) in [5.41, 5.74) is 1.71. The van der Waals surface area contributed by atoms with Crippen LogP contribution in [0.25, 0.3) is 0 Å². The molecule has 2 fully saturated rings. The lowest BCUT2D eigenvalue weighted by Gasteiger charge is -2.37. The number of rotatable bonds is 6. The standard InChI is InChI=1S/C20H26N4O2/c1-15(20(26)22-18-7-8-18)23-10-12-24(13-11-23)19(25)9-6-16-2-4-17(14-21)5-3-16/h2-5,15,18H,6-13H2,1H3,(H,22,26). The molecule has 2 aliphatic rings. The van der Waals surface area contributed by atoms with Crippen molar-refractivity contribution >= 4 is 11.8 Å². The smallest absolute Gasteiger partial charge is 0.237 e. The van der Waals surface area contributed by atoms with E-state index in [0.717, 1.165) is 31.5 Å². The number of aryl methyl sites for hydroxylation is 1. The molecular weight excluding hydrogens is 328 g/mol. The largest absolute Gasteiger partial charge is 0.352 e. The summed E-state index contributed by atoms with van der Waals surface area (Å²) in [4.78, 5) is 28.6. The van der Waals surface area contributed by atoms with E-state index in [1.165, 1.54) is 0 Å². The van der Waals surface area contributed by atoms with E-state index in [1.807, 2.05) is 24.0 Å². The maximum Gasteiger partial charge on any atom is 0.237 e. The first-order valence-corrected chi connectivity index (χ1v) is 9.38. The van der Waals surface area contributed by atoms with Crippen LogP contribution in [-0.4, -0.2) is 59.9 Å². The van der Waals surface area contributed by atoms with Crippen LogP contribution in [0.5, 0.6) is 0 Å². The van der Waals surface area contributed by atoms with Crippen molar-refractivity contribution in [2.75, 3.05) is 26.2 Å². The number of hydrogen-bond donors (Lipinski definition) is 1. The van der Waals surface area contributed by atoms with Crippen molar-refractivity contribution in [2.45, 2.75) is 44.7 Å². The second-order valence-corrected chi connectivity index (χ2v) is 7.18. The number of benzene rings is 1. The van der Waals surface area contributed by atoms with Crippen LogP contribution in [0.2, 0.25) is 0 Å². The van der Waals surface area contributed by atoms with E-state index in [1.54, 1.807) is 12.1 Å². The molecule has 138 valence electrons. The molecule has 1 heterocycles. The lowest BCUT2D eigenvalue weighted by Crippen LogP contribution is -2.55. The summed E-state index contributed by atoms with van der Waals surface area (Å²) in [6.07, 6.45) is 3.36. The van der Waals surface area contributed by atoms with Gasteiger partial charge in [-0.2, -0.15) is 5.26 Å². The minimum Gasteiger partial charge on any atom is -0.352 e. The van der Waals surface area contributed by atoms with Crippen LogP contribution in [0.15, 0.2) is 24.3 Å². The summed E-state index contributed by atoms with van der Waals surface area (Å²) >= 11 is 0. The average Bonchev–Trinajstić information content (AvgIpc) is 3.50. The molecule has 1 aliphatic heterocycles. The third-order valence-corrected chi connectivity index (χ3v) is 5.23. The van der Waals surface area contributed by atoms with Gasteiger partial charge in [0.15, 0.2) is 0 Å². The Balaban J connectivity index is 1.41. The summed E-state index contributed by atoms with van der Waals surface area (Å²) in [7, 11) is 0. The Morgan fingerprint density at radius 3 is 2.42 bits per heavy atom. The van der Waals surface area contributed by atoms with E-state index in [-0.39, 0.29) is 17.9 Å². The van der Waals surface area contributed by atoms with Crippen LogP contribution in [0.3, 0.4) is 0 Å². The van der Waals surface area contributed by atoms with Gasteiger partial charge < -0.3 is 10.2 Å². The normalized spacial score (nSPS) is 18.8. The molecule has 0 aromatic heterocycles. The molecule has 0 bridgehead atoms. The van der Waals surface area contributed by atoms with Crippen LogP contribution < -0.4 is 5.32 Å². The van der Waals surface area contributed by atoms with E-state index in [2.05, 4.69) is 16.3 Å². The SMILES string of the molecule is CC(C(=O)NC1CC1)N1CCN(C(=O)CCc2ccc(C#N)cc2)CC1. The Labute approximate surface area is 154 Å². The lowest BCUT2D eigenvalue weighted by atomic mass is 10.1. The van der Waals surface area contributed by atoms with Gasteiger partial charge in [-0.25, -0.2) is 0 Å². The first kappa shape index (κ1) is 18.4. The molecule has 2 amide bonds. The van der Waals surface area contributed by atoms with Gasteiger partial charge in [-0.05, 0) is 43.9 Å². The molecule has 26 heavy (non-hydrogen) atoms. The van der Waals surface area contributed by atoms with Crippen molar-refractivity contribution in [1.82, 2.24) is 15.1 Å². The number of amides is 2. The van der Waals surface area contributed by atoms with Gasteiger partial charge in [-0.3, -0.25) is 14.5 Å². The molecule has 3 rings (SSSR count). The zero-order valence-electron chi connectivity index (χ0n) is 15.3. The number of hydrogen-bond acceptors (Lipinski definition) is 4. The number of nitrogens with zero attached hydrogens (tertiary/aromatic N) is 3. The van der Waals surface area contributed by atoms with Gasteiger partial charge in [0, 0.05) is 38.6 Å². The fourth-order valence-corrected chi connectivity index (χ4v) is 3.23. The fourth-order valence-electron chi connectivity index (χ4n) is 3.23. The van der Waals surface area contributed by atoms with Crippen LogP contribution in [-0.2, 0) is 16.0 Å². The summed E-state index contributed by atoms with van der Waals surface area (Å²) in [6, 6.07) is 9.73. The second-order valence-electron chi connectivity index (χ2n) is 7.18. The van der Waals surface area contributed by atoms with Gasteiger partial charge in [0.25, 0.3) is 0 Å². The third-order valence-electron chi connectivity index (χ3n) is 5.23. The predicted octanol–water partition coefficient (Wildman–Crippen LogP) is 1.30. The average molecular weight is 354 g/mol. The molecule has 1 saturated carbocycles. The van der Waals surface area contributed by atoms with Gasteiger partial charge in [-0.15, -0.1) is 0 Å². The highest BCUT2D eigenvalue weighted by molar-refractivity contribution is 5.82. The van der Waals surface area contributed by atoms with Crippen LogP contribution in [0, 0.1) is 11.3 Å². The molecule has 1 atom stereocenters. The highest BCUT2D eigenvalue weighted by Gasteiger charge is 2.30. The first-order valence-electron chi connectivity index (χ1n) is 9.38. The third kappa shape index (κ3) is 4.83. The summed E-state index contributed by atoms with van der Waals surface area (Å²) < 4.78 is 0. The second kappa shape index (κ2) is 8.33.